The van der Waals surface area contributed by atoms with Crippen LogP contribution in [0.2, 0.25) is 0 Å². The number of rotatable bonds is 4. The maximum atomic E-state index is 13.3. The predicted octanol–water partition coefficient (Wildman–Crippen LogP) is 3.98. The van der Waals surface area contributed by atoms with Gasteiger partial charge in [-0.25, -0.2) is 12.8 Å². The van der Waals surface area contributed by atoms with Crippen LogP contribution in [0.15, 0.2) is 41.3 Å². The molecule has 0 atom stereocenters. The summed E-state index contributed by atoms with van der Waals surface area (Å²) in [6.45, 7) is 3.14. The number of alkyl halides is 1. The van der Waals surface area contributed by atoms with E-state index in [2.05, 4.69) is 4.72 Å². The summed E-state index contributed by atoms with van der Waals surface area (Å²) >= 11 is 5.81. The molecule has 2 rings (SSSR count). The van der Waals surface area contributed by atoms with Crippen molar-refractivity contribution < 1.29 is 12.8 Å². The van der Waals surface area contributed by atoms with Crippen LogP contribution >= 0.6 is 11.6 Å². The third-order valence-electron chi connectivity index (χ3n) is 3.10. The van der Waals surface area contributed by atoms with Crippen LogP contribution in [0.25, 0.3) is 0 Å². The highest BCUT2D eigenvalue weighted by Gasteiger charge is 2.21. The molecule has 21 heavy (non-hydrogen) atoms. The average molecular weight is 328 g/mol. The zero-order valence-corrected chi connectivity index (χ0v) is 13.2. The molecule has 0 heterocycles. The molecular weight excluding hydrogens is 313 g/mol. The van der Waals surface area contributed by atoms with E-state index in [0.717, 1.165) is 0 Å². The second-order valence-corrected chi connectivity index (χ2v) is 6.65. The lowest BCUT2D eigenvalue weighted by Crippen LogP contribution is -2.16. The summed E-state index contributed by atoms with van der Waals surface area (Å²) in [7, 11) is -3.80. The first-order chi connectivity index (χ1) is 9.85. The fourth-order valence-corrected chi connectivity index (χ4v) is 4.04. The number of halogens is 2. The van der Waals surface area contributed by atoms with Crippen LogP contribution < -0.4 is 4.72 Å². The van der Waals surface area contributed by atoms with Crippen molar-refractivity contribution in [1.82, 2.24) is 0 Å². The van der Waals surface area contributed by atoms with Crippen molar-refractivity contribution in [3.05, 3.63) is 58.9 Å². The molecular formula is C15H15ClFNO2S. The highest BCUT2D eigenvalue weighted by atomic mass is 35.5. The summed E-state index contributed by atoms with van der Waals surface area (Å²) in [6.07, 6.45) is 0. The number of hydrogen-bond donors (Lipinski definition) is 1. The van der Waals surface area contributed by atoms with Gasteiger partial charge in [0, 0.05) is 5.88 Å². The van der Waals surface area contributed by atoms with Gasteiger partial charge >= 0.3 is 0 Å². The normalized spacial score (nSPS) is 11.4. The molecule has 0 bridgehead atoms. The number of para-hydroxylation sites is 1. The Hall–Kier alpha value is -1.59. The highest BCUT2D eigenvalue weighted by molar-refractivity contribution is 7.92. The van der Waals surface area contributed by atoms with Crippen LogP contribution in [0, 0.1) is 19.7 Å². The van der Waals surface area contributed by atoms with Gasteiger partial charge in [-0.1, -0.05) is 18.2 Å². The van der Waals surface area contributed by atoms with Gasteiger partial charge in [-0.3, -0.25) is 4.72 Å². The Bertz CT molecular complexity index is 752. The molecule has 2 aromatic carbocycles. The quantitative estimate of drug-likeness (QED) is 0.863. The standard InChI is InChI=1S/C15H15ClFNO2S/c1-10-7-13(17)8-11(2)15(10)21(19,20)18-14-6-4-3-5-12(14)9-16/h3-8,18H,9H2,1-2H3. The van der Waals surface area contributed by atoms with E-state index >= 15 is 0 Å². The Balaban J connectivity index is 2.49. The second-order valence-electron chi connectivity index (χ2n) is 4.76. The van der Waals surface area contributed by atoms with E-state index in [0.29, 0.717) is 22.4 Å². The fourth-order valence-electron chi connectivity index (χ4n) is 2.25. The lowest BCUT2D eigenvalue weighted by Gasteiger charge is -2.15. The molecule has 0 radical (unpaired) electrons. The second kappa shape index (κ2) is 6.03. The first-order valence-electron chi connectivity index (χ1n) is 6.28. The average Bonchev–Trinajstić information content (AvgIpc) is 2.37. The van der Waals surface area contributed by atoms with Gasteiger partial charge in [0.05, 0.1) is 10.6 Å². The van der Waals surface area contributed by atoms with Gasteiger partial charge in [0.2, 0.25) is 0 Å². The van der Waals surface area contributed by atoms with Crippen molar-refractivity contribution in [1.29, 1.82) is 0 Å². The van der Waals surface area contributed by atoms with Gasteiger partial charge in [-0.05, 0) is 48.7 Å². The van der Waals surface area contributed by atoms with E-state index in [1.807, 2.05) is 0 Å². The Morgan fingerprint density at radius 3 is 2.29 bits per heavy atom. The number of hydrogen-bond acceptors (Lipinski definition) is 2. The van der Waals surface area contributed by atoms with E-state index in [-0.39, 0.29) is 10.8 Å². The lowest BCUT2D eigenvalue weighted by molar-refractivity contribution is 0.597. The molecule has 0 amide bonds. The van der Waals surface area contributed by atoms with Crippen molar-refractivity contribution in [3.8, 4) is 0 Å². The molecule has 1 N–H and O–H groups in total. The lowest BCUT2D eigenvalue weighted by atomic mass is 10.1. The largest absolute Gasteiger partial charge is 0.279 e. The first kappa shape index (κ1) is 15.8. The molecule has 6 heteroatoms. The Labute approximate surface area is 128 Å². The van der Waals surface area contributed by atoms with Crippen molar-refractivity contribution in [2.75, 3.05) is 4.72 Å². The number of sulfonamides is 1. The van der Waals surface area contributed by atoms with Crippen LogP contribution in [0.3, 0.4) is 0 Å². The fraction of sp³-hybridized carbons (Fsp3) is 0.200. The number of benzene rings is 2. The van der Waals surface area contributed by atoms with Gasteiger partial charge in [0.25, 0.3) is 10.0 Å². The summed E-state index contributed by atoms with van der Waals surface area (Å²) in [5.74, 6) is -0.259. The van der Waals surface area contributed by atoms with Gasteiger partial charge in [-0.15, -0.1) is 11.6 Å². The predicted molar refractivity (Wildman–Crippen MR) is 82.7 cm³/mol. The molecule has 0 saturated carbocycles. The third-order valence-corrected chi connectivity index (χ3v) is 5.06. The highest BCUT2D eigenvalue weighted by Crippen LogP contribution is 2.26. The van der Waals surface area contributed by atoms with E-state index < -0.39 is 15.8 Å². The minimum absolute atomic E-state index is 0.0910. The zero-order valence-electron chi connectivity index (χ0n) is 11.7. The third kappa shape index (κ3) is 3.36. The smallest absolute Gasteiger partial charge is 0.262 e. The number of anilines is 1. The maximum Gasteiger partial charge on any atom is 0.262 e. The molecule has 3 nitrogen and oxygen atoms in total. The van der Waals surface area contributed by atoms with E-state index in [1.54, 1.807) is 38.1 Å². The molecule has 0 spiro atoms. The van der Waals surface area contributed by atoms with Crippen molar-refractivity contribution in [2.45, 2.75) is 24.6 Å². The maximum absolute atomic E-state index is 13.3. The molecule has 2 aromatic rings. The summed E-state index contributed by atoms with van der Waals surface area (Å²) < 4.78 is 40.9. The van der Waals surface area contributed by atoms with Gasteiger partial charge in [0.15, 0.2) is 0 Å². The molecule has 0 aliphatic heterocycles. The van der Waals surface area contributed by atoms with Crippen molar-refractivity contribution in [3.63, 3.8) is 0 Å². The minimum Gasteiger partial charge on any atom is -0.279 e. The molecule has 0 fully saturated rings. The molecule has 0 aliphatic carbocycles. The van der Waals surface area contributed by atoms with Crippen LogP contribution in [0.5, 0.6) is 0 Å². The van der Waals surface area contributed by atoms with Crippen LogP contribution in [-0.4, -0.2) is 8.42 Å². The number of nitrogens with one attached hydrogen (secondary N) is 1. The molecule has 0 unspecified atom stereocenters. The van der Waals surface area contributed by atoms with Gasteiger partial charge in [0.1, 0.15) is 5.82 Å². The summed E-state index contributed by atoms with van der Waals surface area (Å²) in [5.41, 5.74) is 1.84. The monoisotopic (exact) mass is 327 g/mol. The van der Waals surface area contributed by atoms with Crippen LogP contribution in [0.1, 0.15) is 16.7 Å². The van der Waals surface area contributed by atoms with E-state index in [9.17, 15) is 12.8 Å². The minimum atomic E-state index is -3.80. The topological polar surface area (TPSA) is 46.2 Å². The van der Waals surface area contributed by atoms with E-state index in [4.69, 9.17) is 11.6 Å². The Morgan fingerprint density at radius 1 is 1.14 bits per heavy atom. The van der Waals surface area contributed by atoms with Crippen LogP contribution in [-0.2, 0) is 15.9 Å². The molecule has 0 saturated heterocycles. The molecule has 112 valence electrons. The first-order valence-corrected chi connectivity index (χ1v) is 8.30. The summed E-state index contributed by atoms with van der Waals surface area (Å²) in [4.78, 5) is 0.0910. The zero-order chi connectivity index (χ0) is 15.6. The van der Waals surface area contributed by atoms with Gasteiger partial charge < -0.3 is 0 Å². The molecule has 0 aromatic heterocycles. The Kier molecular flexibility index (Phi) is 4.54. The van der Waals surface area contributed by atoms with Crippen LogP contribution in [0.4, 0.5) is 10.1 Å². The van der Waals surface area contributed by atoms with E-state index in [1.165, 1.54) is 12.1 Å². The van der Waals surface area contributed by atoms with Crippen molar-refractivity contribution in [2.24, 2.45) is 0 Å². The van der Waals surface area contributed by atoms with Gasteiger partial charge in [-0.2, -0.15) is 0 Å². The summed E-state index contributed by atoms with van der Waals surface area (Å²) in [5, 5.41) is 0. The summed E-state index contributed by atoms with van der Waals surface area (Å²) in [6, 6.07) is 9.30. The number of aryl methyl sites for hydroxylation is 2. The molecule has 0 aliphatic rings. The van der Waals surface area contributed by atoms with Crippen molar-refractivity contribution >= 4 is 27.3 Å². The SMILES string of the molecule is Cc1cc(F)cc(C)c1S(=O)(=O)Nc1ccccc1CCl. The Morgan fingerprint density at radius 2 is 1.71 bits per heavy atom.